The molecular formula is C10H9N3O2. The van der Waals surface area contributed by atoms with Crippen LogP contribution in [0.2, 0.25) is 0 Å². The third-order valence-electron chi connectivity index (χ3n) is 1.82. The molecule has 0 aliphatic carbocycles. The zero-order valence-electron chi connectivity index (χ0n) is 8.10. The lowest BCUT2D eigenvalue weighted by molar-refractivity contribution is 0.102. The maximum Gasteiger partial charge on any atom is 0.260 e. The highest BCUT2D eigenvalue weighted by Gasteiger charge is 2.07. The average Bonchev–Trinajstić information content (AvgIpc) is 2.74. The summed E-state index contributed by atoms with van der Waals surface area (Å²) in [6, 6.07) is 5.05. The summed E-state index contributed by atoms with van der Waals surface area (Å²) in [5, 5.41) is 10.2. The molecule has 2 aromatic heterocycles. The number of nitrogens with zero attached hydrogens (tertiary/aromatic N) is 2. The number of nitrogens with one attached hydrogen (secondary N) is 1. The Kier molecular flexibility index (Phi) is 2.45. The van der Waals surface area contributed by atoms with Crippen molar-refractivity contribution in [3.63, 3.8) is 0 Å². The third kappa shape index (κ3) is 2.19. The second kappa shape index (κ2) is 3.91. The molecule has 0 aliphatic rings. The van der Waals surface area contributed by atoms with Crippen molar-refractivity contribution in [3.8, 4) is 0 Å². The van der Waals surface area contributed by atoms with Gasteiger partial charge in [-0.1, -0.05) is 0 Å². The van der Waals surface area contributed by atoms with E-state index in [2.05, 4.69) is 15.5 Å². The molecule has 15 heavy (non-hydrogen) atoms. The van der Waals surface area contributed by atoms with E-state index in [9.17, 15) is 4.79 Å². The van der Waals surface area contributed by atoms with Gasteiger partial charge in [-0.3, -0.25) is 4.79 Å². The first kappa shape index (κ1) is 9.39. The molecule has 5 heteroatoms. The standard InChI is InChI=1S/C10H9N3O2/c1-7-2-3-9(13-12-7)11-10(14)8-4-5-15-6-8/h2-6H,1H3,(H,11,13,14). The molecule has 5 nitrogen and oxygen atoms in total. The van der Waals surface area contributed by atoms with E-state index in [1.807, 2.05) is 6.92 Å². The highest BCUT2D eigenvalue weighted by molar-refractivity contribution is 6.03. The molecule has 0 radical (unpaired) electrons. The van der Waals surface area contributed by atoms with Gasteiger partial charge in [0.2, 0.25) is 0 Å². The summed E-state index contributed by atoms with van der Waals surface area (Å²) in [7, 11) is 0. The van der Waals surface area contributed by atoms with Crippen molar-refractivity contribution < 1.29 is 9.21 Å². The van der Waals surface area contributed by atoms with Crippen molar-refractivity contribution in [1.29, 1.82) is 0 Å². The minimum Gasteiger partial charge on any atom is -0.472 e. The summed E-state index contributed by atoms with van der Waals surface area (Å²) in [5.74, 6) is 0.161. The van der Waals surface area contributed by atoms with Crippen molar-refractivity contribution in [2.75, 3.05) is 5.32 Å². The van der Waals surface area contributed by atoms with Gasteiger partial charge in [-0.25, -0.2) is 0 Å². The minimum atomic E-state index is -0.262. The zero-order chi connectivity index (χ0) is 10.7. The van der Waals surface area contributed by atoms with Crippen LogP contribution in [0, 0.1) is 6.92 Å². The van der Waals surface area contributed by atoms with Gasteiger partial charge in [0, 0.05) is 0 Å². The number of furan rings is 1. The Labute approximate surface area is 86.1 Å². The SMILES string of the molecule is Cc1ccc(NC(=O)c2ccoc2)nn1. The smallest absolute Gasteiger partial charge is 0.260 e. The molecule has 0 bridgehead atoms. The monoisotopic (exact) mass is 203 g/mol. The van der Waals surface area contributed by atoms with Crippen molar-refractivity contribution in [2.24, 2.45) is 0 Å². The van der Waals surface area contributed by atoms with Crippen LogP contribution in [0.1, 0.15) is 16.1 Å². The van der Waals surface area contributed by atoms with E-state index in [0.29, 0.717) is 11.4 Å². The van der Waals surface area contributed by atoms with Gasteiger partial charge in [-0.2, -0.15) is 5.10 Å². The maximum atomic E-state index is 11.5. The maximum absolute atomic E-state index is 11.5. The van der Waals surface area contributed by atoms with Crippen LogP contribution in [0.15, 0.2) is 35.1 Å². The summed E-state index contributed by atoms with van der Waals surface area (Å²) in [6.07, 6.45) is 2.81. The Bertz CT molecular complexity index is 448. The van der Waals surface area contributed by atoms with Gasteiger partial charge in [0.15, 0.2) is 5.82 Å². The first-order valence-electron chi connectivity index (χ1n) is 4.39. The number of rotatable bonds is 2. The van der Waals surface area contributed by atoms with E-state index < -0.39 is 0 Å². The van der Waals surface area contributed by atoms with Crippen LogP contribution < -0.4 is 5.32 Å². The van der Waals surface area contributed by atoms with E-state index >= 15 is 0 Å². The first-order valence-corrected chi connectivity index (χ1v) is 4.39. The molecule has 0 saturated carbocycles. The third-order valence-corrected chi connectivity index (χ3v) is 1.82. The Morgan fingerprint density at radius 2 is 2.20 bits per heavy atom. The number of hydrogen-bond donors (Lipinski definition) is 1. The van der Waals surface area contributed by atoms with E-state index in [1.165, 1.54) is 12.5 Å². The Hall–Kier alpha value is -2.17. The fraction of sp³-hybridized carbons (Fsp3) is 0.100. The molecule has 0 saturated heterocycles. The van der Waals surface area contributed by atoms with E-state index in [-0.39, 0.29) is 5.91 Å². The predicted molar refractivity (Wildman–Crippen MR) is 53.4 cm³/mol. The van der Waals surface area contributed by atoms with Gasteiger partial charge in [0.25, 0.3) is 5.91 Å². The van der Waals surface area contributed by atoms with Gasteiger partial charge < -0.3 is 9.73 Å². The second-order valence-electron chi connectivity index (χ2n) is 3.03. The lowest BCUT2D eigenvalue weighted by Crippen LogP contribution is -2.12. The quantitative estimate of drug-likeness (QED) is 0.805. The fourth-order valence-electron chi connectivity index (χ4n) is 1.05. The topological polar surface area (TPSA) is 68.0 Å². The number of aromatic nitrogens is 2. The summed E-state index contributed by atoms with van der Waals surface area (Å²) >= 11 is 0. The molecule has 0 aromatic carbocycles. The van der Waals surface area contributed by atoms with Crippen LogP contribution in [-0.4, -0.2) is 16.1 Å². The molecule has 76 valence electrons. The molecule has 0 unspecified atom stereocenters. The van der Waals surface area contributed by atoms with E-state index in [1.54, 1.807) is 18.2 Å². The molecule has 2 aromatic rings. The van der Waals surface area contributed by atoms with Gasteiger partial charge in [-0.15, -0.1) is 5.10 Å². The summed E-state index contributed by atoms with van der Waals surface area (Å²) < 4.78 is 4.80. The molecule has 0 fully saturated rings. The molecule has 2 heterocycles. The zero-order valence-corrected chi connectivity index (χ0v) is 8.10. The molecule has 2 rings (SSSR count). The van der Waals surface area contributed by atoms with Gasteiger partial charge >= 0.3 is 0 Å². The van der Waals surface area contributed by atoms with Crippen molar-refractivity contribution in [3.05, 3.63) is 42.0 Å². The lowest BCUT2D eigenvalue weighted by atomic mass is 10.3. The number of carbonyl (C=O) groups excluding carboxylic acids is 1. The molecule has 1 amide bonds. The molecule has 0 aliphatic heterocycles. The number of amides is 1. The fourth-order valence-corrected chi connectivity index (χ4v) is 1.05. The van der Waals surface area contributed by atoms with E-state index in [4.69, 9.17) is 4.42 Å². The number of anilines is 1. The Balaban J connectivity index is 2.09. The van der Waals surface area contributed by atoms with Gasteiger partial charge in [-0.05, 0) is 25.1 Å². The van der Waals surface area contributed by atoms with E-state index in [0.717, 1.165) is 5.69 Å². The number of carbonyl (C=O) groups is 1. The Morgan fingerprint density at radius 1 is 1.33 bits per heavy atom. The largest absolute Gasteiger partial charge is 0.472 e. The first-order chi connectivity index (χ1) is 7.25. The molecular weight excluding hydrogens is 194 g/mol. The summed E-state index contributed by atoms with van der Waals surface area (Å²) in [5.41, 5.74) is 1.26. The number of aryl methyl sites for hydroxylation is 1. The van der Waals surface area contributed by atoms with Gasteiger partial charge in [0.05, 0.1) is 17.5 Å². The Morgan fingerprint density at radius 3 is 2.80 bits per heavy atom. The highest BCUT2D eigenvalue weighted by atomic mass is 16.3. The van der Waals surface area contributed by atoms with Crippen LogP contribution in [0.3, 0.4) is 0 Å². The van der Waals surface area contributed by atoms with Crippen LogP contribution >= 0.6 is 0 Å². The number of hydrogen-bond acceptors (Lipinski definition) is 4. The van der Waals surface area contributed by atoms with Crippen molar-refractivity contribution in [1.82, 2.24) is 10.2 Å². The van der Waals surface area contributed by atoms with Crippen LogP contribution in [0.25, 0.3) is 0 Å². The van der Waals surface area contributed by atoms with Crippen molar-refractivity contribution in [2.45, 2.75) is 6.92 Å². The lowest BCUT2D eigenvalue weighted by Gasteiger charge is -2.00. The van der Waals surface area contributed by atoms with Crippen LogP contribution in [-0.2, 0) is 0 Å². The second-order valence-corrected chi connectivity index (χ2v) is 3.03. The predicted octanol–water partition coefficient (Wildman–Crippen LogP) is 1.63. The summed E-state index contributed by atoms with van der Waals surface area (Å²) in [6.45, 7) is 1.83. The molecule has 1 N–H and O–H groups in total. The van der Waals surface area contributed by atoms with Crippen LogP contribution in [0.4, 0.5) is 5.82 Å². The van der Waals surface area contributed by atoms with Crippen molar-refractivity contribution >= 4 is 11.7 Å². The molecule has 0 spiro atoms. The summed E-state index contributed by atoms with van der Waals surface area (Å²) in [4.78, 5) is 11.5. The van der Waals surface area contributed by atoms with Gasteiger partial charge in [0.1, 0.15) is 6.26 Å². The van der Waals surface area contributed by atoms with Crippen LogP contribution in [0.5, 0.6) is 0 Å². The normalized spacial score (nSPS) is 9.93. The average molecular weight is 203 g/mol. The molecule has 0 atom stereocenters. The highest BCUT2D eigenvalue weighted by Crippen LogP contribution is 2.05. The minimum absolute atomic E-state index is 0.262.